The molecule has 0 radical (unpaired) electrons. The first-order valence-electron chi connectivity index (χ1n) is 7.12. The second-order valence-electron chi connectivity index (χ2n) is 5.22. The van der Waals surface area contributed by atoms with E-state index >= 15 is 0 Å². The Kier molecular flexibility index (Phi) is 4.49. The zero-order valence-corrected chi connectivity index (χ0v) is 12.3. The maximum atomic E-state index is 13.1. The fraction of sp³-hybridized carbons (Fsp3) is 0.438. The average molecular weight is 314 g/mol. The first kappa shape index (κ1) is 16.4. The molecule has 0 saturated carbocycles. The Bertz CT molecular complexity index is 618. The lowest BCUT2D eigenvalue weighted by molar-refractivity contribution is -0.187. The Morgan fingerprint density at radius 3 is 2.50 bits per heavy atom. The molecule has 2 rings (SSSR count). The van der Waals surface area contributed by atoms with Gasteiger partial charge in [-0.15, -0.1) is 0 Å². The first-order chi connectivity index (χ1) is 10.3. The number of carboxylic acid groups (broad SMARTS) is 1. The van der Waals surface area contributed by atoms with Crippen molar-refractivity contribution in [1.82, 2.24) is 0 Å². The van der Waals surface area contributed by atoms with Gasteiger partial charge in [-0.1, -0.05) is 26.3 Å². The van der Waals surface area contributed by atoms with Gasteiger partial charge in [0.1, 0.15) is 5.75 Å². The van der Waals surface area contributed by atoms with Gasteiger partial charge in [-0.2, -0.15) is 13.2 Å². The predicted molar refractivity (Wildman–Crippen MR) is 75.9 cm³/mol. The zero-order valence-electron chi connectivity index (χ0n) is 12.3. The van der Waals surface area contributed by atoms with Crippen molar-refractivity contribution in [3.8, 4) is 5.75 Å². The van der Waals surface area contributed by atoms with Crippen molar-refractivity contribution >= 4 is 12.0 Å². The van der Waals surface area contributed by atoms with Crippen molar-refractivity contribution in [2.45, 2.75) is 45.4 Å². The number of carbonyl (C=O) groups is 1. The van der Waals surface area contributed by atoms with Crippen LogP contribution in [-0.2, 0) is 17.6 Å². The molecule has 1 aromatic rings. The van der Waals surface area contributed by atoms with E-state index in [0.29, 0.717) is 24.0 Å². The molecule has 1 atom stereocenters. The summed E-state index contributed by atoms with van der Waals surface area (Å²) >= 11 is 0. The smallest absolute Gasteiger partial charge is 0.430 e. The Morgan fingerprint density at radius 2 is 2.00 bits per heavy atom. The third kappa shape index (κ3) is 3.10. The molecule has 1 aliphatic rings. The molecule has 1 N–H and O–H groups in total. The Morgan fingerprint density at radius 1 is 1.32 bits per heavy atom. The summed E-state index contributed by atoms with van der Waals surface area (Å²) in [5.41, 5.74) is 1.25. The second kappa shape index (κ2) is 6.02. The maximum absolute atomic E-state index is 13.1. The Hall–Kier alpha value is -1.98. The third-order valence-electron chi connectivity index (χ3n) is 3.56. The summed E-state index contributed by atoms with van der Waals surface area (Å²) in [5.74, 6) is -1.47. The van der Waals surface area contributed by atoms with Crippen LogP contribution in [0.25, 0.3) is 6.08 Å². The largest absolute Gasteiger partial charge is 0.478 e. The number of hydrogen-bond acceptors (Lipinski definition) is 2. The summed E-state index contributed by atoms with van der Waals surface area (Å²) in [4.78, 5) is 11.1. The number of benzene rings is 1. The molecule has 22 heavy (non-hydrogen) atoms. The average Bonchev–Trinajstić information content (AvgIpc) is 2.44. The number of halogens is 3. The molecule has 6 heteroatoms. The van der Waals surface area contributed by atoms with Crippen LogP contribution in [0, 0.1) is 0 Å². The number of aliphatic carboxylic acids is 1. The molecule has 1 aliphatic heterocycles. The fourth-order valence-electron chi connectivity index (χ4n) is 2.53. The minimum absolute atomic E-state index is 0.145. The minimum Gasteiger partial charge on any atom is -0.478 e. The lowest BCUT2D eigenvalue weighted by atomic mass is 9.94. The Balaban J connectivity index is 2.61. The molecule has 0 aromatic heterocycles. The molecule has 0 amide bonds. The van der Waals surface area contributed by atoms with Crippen LogP contribution < -0.4 is 4.74 Å². The number of aryl methyl sites for hydroxylation is 2. The third-order valence-corrected chi connectivity index (χ3v) is 3.56. The summed E-state index contributed by atoms with van der Waals surface area (Å²) in [6, 6.07) is 3.51. The van der Waals surface area contributed by atoms with E-state index in [1.165, 1.54) is 0 Å². The van der Waals surface area contributed by atoms with Crippen LogP contribution in [0.1, 0.15) is 37.0 Å². The number of alkyl halides is 3. The van der Waals surface area contributed by atoms with Crippen molar-refractivity contribution in [3.63, 3.8) is 0 Å². The highest BCUT2D eigenvalue weighted by atomic mass is 19.4. The SMILES string of the molecule is CCCc1cc(CC)cc2c1OC(C(F)(F)F)C(C(=O)O)=C2. The van der Waals surface area contributed by atoms with E-state index in [-0.39, 0.29) is 5.75 Å². The normalized spacial score (nSPS) is 17.5. The number of ether oxygens (including phenoxy) is 1. The van der Waals surface area contributed by atoms with Crippen LogP contribution in [0.3, 0.4) is 0 Å². The molecule has 0 bridgehead atoms. The Labute approximate surface area is 126 Å². The predicted octanol–water partition coefficient (Wildman–Crippen LogP) is 3.99. The second-order valence-corrected chi connectivity index (χ2v) is 5.22. The van der Waals surface area contributed by atoms with Gasteiger partial charge in [-0.3, -0.25) is 0 Å². The molecule has 0 saturated heterocycles. The van der Waals surface area contributed by atoms with Crippen molar-refractivity contribution in [2.75, 3.05) is 0 Å². The van der Waals surface area contributed by atoms with Crippen LogP contribution in [0.2, 0.25) is 0 Å². The van der Waals surface area contributed by atoms with E-state index in [1.54, 1.807) is 6.07 Å². The van der Waals surface area contributed by atoms with Gasteiger partial charge in [0.25, 0.3) is 0 Å². The van der Waals surface area contributed by atoms with E-state index in [4.69, 9.17) is 9.84 Å². The highest BCUT2D eigenvalue weighted by Gasteiger charge is 2.48. The van der Waals surface area contributed by atoms with Crippen molar-refractivity contribution < 1.29 is 27.8 Å². The van der Waals surface area contributed by atoms with Gasteiger partial charge in [0.15, 0.2) is 0 Å². The quantitative estimate of drug-likeness (QED) is 0.914. The maximum Gasteiger partial charge on any atom is 0.430 e. The molecule has 0 fully saturated rings. The fourth-order valence-corrected chi connectivity index (χ4v) is 2.53. The van der Waals surface area contributed by atoms with E-state index in [0.717, 1.165) is 18.1 Å². The molecule has 120 valence electrons. The van der Waals surface area contributed by atoms with Gasteiger partial charge in [0, 0.05) is 5.56 Å². The molecule has 1 heterocycles. The number of rotatable bonds is 4. The summed E-state index contributed by atoms with van der Waals surface area (Å²) in [7, 11) is 0. The van der Waals surface area contributed by atoms with Gasteiger partial charge >= 0.3 is 12.1 Å². The lowest BCUT2D eigenvalue weighted by Crippen LogP contribution is -2.40. The van der Waals surface area contributed by atoms with Gasteiger partial charge < -0.3 is 9.84 Å². The molecule has 1 aromatic carbocycles. The van der Waals surface area contributed by atoms with Crippen LogP contribution in [0.5, 0.6) is 5.75 Å². The van der Waals surface area contributed by atoms with Gasteiger partial charge in [0.05, 0.1) is 5.57 Å². The number of carboxylic acids is 1. The van der Waals surface area contributed by atoms with Gasteiger partial charge in [-0.05, 0) is 36.1 Å². The molecule has 0 spiro atoms. The first-order valence-corrected chi connectivity index (χ1v) is 7.12. The van der Waals surface area contributed by atoms with E-state index in [1.807, 2.05) is 19.9 Å². The van der Waals surface area contributed by atoms with Crippen LogP contribution >= 0.6 is 0 Å². The monoisotopic (exact) mass is 314 g/mol. The number of fused-ring (bicyclic) bond motifs is 1. The van der Waals surface area contributed by atoms with Gasteiger partial charge in [-0.25, -0.2) is 4.79 Å². The minimum atomic E-state index is -4.77. The molecule has 1 unspecified atom stereocenters. The van der Waals surface area contributed by atoms with E-state index < -0.39 is 23.8 Å². The summed E-state index contributed by atoms with van der Waals surface area (Å²) < 4.78 is 44.3. The molecular formula is C16H17F3O3. The zero-order chi connectivity index (χ0) is 16.5. The van der Waals surface area contributed by atoms with E-state index in [9.17, 15) is 18.0 Å². The van der Waals surface area contributed by atoms with Crippen molar-refractivity contribution in [1.29, 1.82) is 0 Å². The lowest BCUT2D eigenvalue weighted by Gasteiger charge is -2.29. The highest BCUT2D eigenvalue weighted by molar-refractivity contribution is 5.95. The summed E-state index contributed by atoms with van der Waals surface area (Å²) in [6.07, 6.45) is -4.07. The van der Waals surface area contributed by atoms with Crippen molar-refractivity contribution in [2.24, 2.45) is 0 Å². The van der Waals surface area contributed by atoms with Crippen LogP contribution in [0.15, 0.2) is 17.7 Å². The topological polar surface area (TPSA) is 46.5 Å². The highest BCUT2D eigenvalue weighted by Crippen LogP contribution is 2.40. The number of hydrogen-bond donors (Lipinski definition) is 1. The standard InChI is InChI=1S/C16H17F3O3/c1-3-5-10-6-9(4-2)7-11-8-12(15(20)21)14(16(17,18)19)22-13(10)11/h6-8,14H,3-5H2,1-2H3,(H,20,21). The van der Waals surface area contributed by atoms with E-state index in [2.05, 4.69) is 0 Å². The molecule has 3 nitrogen and oxygen atoms in total. The van der Waals surface area contributed by atoms with Crippen molar-refractivity contribution in [3.05, 3.63) is 34.4 Å². The molecular weight excluding hydrogens is 297 g/mol. The van der Waals surface area contributed by atoms with Crippen LogP contribution in [0.4, 0.5) is 13.2 Å². The molecule has 0 aliphatic carbocycles. The van der Waals surface area contributed by atoms with Crippen LogP contribution in [-0.4, -0.2) is 23.4 Å². The van der Waals surface area contributed by atoms with Gasteiger partial charge in [0.2, 0.25) is 6.10 Å². The summed E-state index contributed by atoms with van der Waals surface area (Å²) in [5, 5.41) is 9.05. The summed E-state index contributed by atoms with van der Waals surface area (Å²) in [6.45, 7) is 3.86.